The number of piperidine rings is 1. The summed E-state index contributed by atoms with van der Waals surface area (Å²) in [6.07, 6.45) is 1.81. The van der Waals surface area contributed by atoms with Gasteiger partial charge >= 0.3 is 0 Å². The quantitative estimate of drug-likeness (QED) is 0.633. The summed E-state index contributed by atoms with van der Waals surface area (Å²) < 4.78 is 0.768. The SMILES string of the molecule is N#CC1CCN(Cc2ccc([N+](=O)[O-])cc2Br)CC1. The van der Waals surface area contributed by atoms with Crippen LogP contribution in [0.5, 0.6) is 0 Å². The van der Waals surface area contributed by atoms with E-state index < -0.39 is 4.92 Å². The molecule has 0 atom stereocenters. The molecule has 0 unspecified atom stereocenters. The number of benzene rings is 1. The Morgan fingerprint density at radius 1 is 1.47 bits per heavy atom. The van der Waals surface area contributed by atoms with Gasteiger partial charge in [-0.25, -0.2) is 0 Å². The zero-order valence-corrected chi connectivity index (χ0v) is 12.0. The first-order chi connectivity index (χ1) is 9.10. The molecule has 1 aromatic carbocycles. The highest BCUT2D eigenvalue weighted by atomic mass is 79.9. The van der Waals surface area contributed by atoms with Crippen LogP contribution in [-0.4, -0.2) is 22.9 Å². The Labute approximate surface area is 120 Å². The van der Waals surface area contributed by atoms with Gasteiger partial charge in [0.15, 0.2) is 0 Å². The van der Waals surface area contributed by atoms with Crippen LogP contribution in [0.15, 0.2) is 22.7 Å². The summed E-state index contributed by atoms with van der Waals surface area (Å²) in [6, 6.07) is 7.17. The lowest BCUT2D eigenvalue weighted by Gasteiger charge is -2.29. The molecule has 19 heavy (non-hydrogen) atoms. The molecule has 0 aromatic heterocycles. The second-order valence-electron chi connectivity index (χ2n) is 4.71. The van der Waals surface area contributed by atoms with Crippen molar-refractivity contribution < 1.29 is 4.92 Å². The van der Waals surface area contributed by atoms with E-state index in [-0.39, 0.29) is 11.6 Å². The van der Waals surface area contributed by atoms with E-state index in [2.05, 4.69) is 26.9 Å². The summed E-state index contributed by atoms with van der Waals surface area (Å²) in [7, 11) is 0. The van der Waals surface area contributed by atoms with Crippen LogP contribution >= 0.6 is 15.9 Å². The number of nitro benzene ring substituents is 1. The van der Waals surface area contributed by atoms with Crippen LogP contribution < -0.4 is 0 Å². The van der Waals surface area contributed by atoms with Gasteiger partial charge in [-0.2, -0.15) is 5.26 Å². The Hall–Kier alpha value is -1.45. The maximum atomic E-state index is 10.7. The maximum Gasteiger partial charge on any atom is 0.270 e. The highest BCUT2D eigenvalue weighted by molar-refractivity contribution is 9.10. The zero-order valence-electron chi connectivity index (χ0n) is 10.4. The summed E-state index contributed by atoms with van der Waals surface area (Å²) >= 11 is 3.38. The van der Waals surface area contributed by atoms with Gasteiger partial charge in [0, 0.05) is 29.1 Å². The van der Waals surface area contributed by atoms with E-state index in [0.29, 0.717) is 0 Å². The summed E-state index contributed by atoms with van der Waals surface area (Å²) in [6.45, 7) is 2.57. The lowest BCUT2D eigenvalue weighted by atomic mass is 9.98. The molecule has 6 heteroatoms. The molecule has 0 aliphatic carbocycles. The number of rotatable bonds is 3. The van der Waals surface area contributed by atoms with Crippen LogP contribution in [-0.2, 0) is 6.54 Å². The molecule has 1 saturated heterocycles. The Bertz CT molecular complexity index is 519. The minimum Gasteiger partial charge on any atom is -0.299 e. The van der Waals surface area contributed by atoms with Crippen molar-refractivity contribution in [1.82, 2.24) is 4.90 Å². The first-order valence-electron chi connectivity index (χ1n) is 6.15. The monoisotopic (exact) mass is 323 g/mol. The fraction of sp³-hybridized carbons (Fsp3) is 0.462. The molecule has 5 nitrogen and oxygen atoms in total. The highest BCUT2D eigenvalue weighted by Crippen LogP contribution is 2.25. The van der Waals surface area contributed by atoms with Crippen LogP contribution in [0.1, 0.15) is 18.4 Å². The van der Waals surface area contributed by atoms with E-state index in [1.807, 2.05) is 0 Å². The van der Waals surface area contributed by atoms with E-state index in [1.54, 1.807) is 6.07 Å². The van der Waals surface area contributed by atoms with Crippen LogP contribution in [0.25, 0.3) is 0 Å². The molecule has 0 saturated carbocycles. The Morgan fingerprint density at radius 2 is 2.16 bits per heavy atom. The van der Waals surface area contributed by atoms with Crippen molar-refractivity contribution in [3.05, 3.63) is 38.3 Å². The Balaban J connectivity index is 2.00. The average molecular weight is 324 g/mol. The lowest BCUT2D eigenvalue weighted by molar-refractivity contribution is -0.384. The standard InChI is InChI=1S/C13H14BrN3O2/c14-13-7-12(17(18)19)2-1-11(13)9-16-5-3-10(8-15)4-6-16/h1-2,7,10H,3-6,9H2. The second kappa shape index (κ2) is 6.13. The number of likely N-dealkylation sites (tertiary alicyclic amines) is 1. The number of nitro groups is 1. The van der Waals surface area contributed by atoms with Gasteiger partial charge in [0.25, 0.3) is 5.69 Å². The first-order valence-corrected chi connectivity index (χ1v) is 6.94. The van der Waals surface area contributed by atoms with Gasteiger partial charge in [0.05, 0.1) is 11.0 Å². The molecular weight excluding hydrogens is 310 g/mol. The summed E-state index contributed by atoms with van der Waals surface area (Å²) in [5, 5.41) is 19.5. The Morgan fingerprint density at radius 3 is 2.68 bits per heavy atom. The molecule has 0 spiro atoms. The third-order valence-electron chi connectivity index (χ3n) is 3.41. The van der Waals surface area contributed by atoms with E-state index in [4.69, 9.17) is 5.26 Å². The smallest absolute Gasteiger partial charge is 0.270 e. The van der Waals surface area contributed by atoms with Gasteiger partial charge in [-0.3, -0.25) is 15.0 Å². The van der Waals surface area contributed by atoms with Gasteiger partial charge in [-0.15, -0.1) is 0 Å². The van der Waals surface area contributed by atoms with Crippen LogP contribution in [0.2, 0.25) is 0 Å². The molecule has 1 aliphatic rings. The van der Waals surface area contributed by atoms with Gasteiger partial charge in [0.2, 0.25) is 0 Å². The largest absolute Gasteiger partial charge is 0.299 e. The molecule has 0 bridgehead atoms. The van der Waals surface area contributed by atoms with Crippen molar-refractivity contribution in [3.63, 3.8) is 0 Å². The fourth-order valence-electron chi connectivity index (χ4n) is 2.24. The first kappa shape index (κ1) is 14.0. The van der Waals surface area contributed by atoms with Crippen LogP contribution in [0, 0.1) is 27.4 Å². The van der Waals surface area contributed by atoms with E-state index in [1.165, 1.54) is 12.1 Å². The van der Waals surface area contributed by atoms with E-state index >= 15 is 0 Å². The Kier molecular flexibility index (Phi) is 4.51. The molecule has 1 aromatic rings. The number of hydrogen-bond acceptors (Lipinski definition) is 4. The third-order valence-corrected chi connectivity index (χ3v) is 4.15. The number of hydrogen-bond donors (Lipinski definition) is 0. The minimum atomic E-state index is -0.396. The van der Waals surface area contributed by atoms with Crippen molar-refractivity contribution in [2.24, 2.45) is 5.92 Å². The summed E-state index contributed by atoms with van der Waals surface area (Å²) in [4.78, 5) is 12.5. The molecule has 1 fully saturated rings. The summed E-state index contributed by atoms with van der Waals surface area (Å²) in [5.74, 6) is 0.177. The number of non-ortho nitro benzene ring substituents is 1. The molecule has 0 amide bonds. The zero-order chi connectivity index (χ0) is 13.8. The van der Waals surface area contributed by atoms with Gasteiger partial charge < -0.3 is 0 Å². The molecular formula is C13H14BrN3O2. The van der Waals surface area contributed by atoms with Crippen molar-refractivity contribution in [1.29, 1.82) is 5.26 Å². The molecule has 0 N–H and O–H groups in total. The van der Waals surface area contributed by atoms with Crippen LogP contribution in [0.4, 0.5) is 5.69 Å². The van der Waals surface area contributed by atoms with E-state index in [0.717, 1.165) is 42.5 Å². The fourth-order valence-corrected chi connectivity index (χ4v) is 2.73. The molecule has 1 aliphatic heterocycles. The van der Waals surface area contributed by atoms with Crippen molar-refractivity contribution >= 4 is 21.6 Å². The van der Waals surface area contributed by atoms with Crippen molar-refractivity contribution in [2.45, 2.75) is 19.4 Å². The number of nitrogens with zero attached hydrogens (tertiary/aromatic N) is 3. The molecule has 100 valence electrons. The number of nitriles is 1. The van der Waals surface area contributed by atoms with E-state index in [9.17, 15) is 10.1 Å². The highest BCUT2D eigenvalue weighted by Gasteiger charge is 2.19. The van der Waals surface area contributed by atoms with Crippen molar-refractivity contribution in [3.8, 4) is 6.07 Å². The van der Waals surface area contributed by atoms with Gasteiger partial charge in [-0.1, -0.05) is 15.9 Å². The van der Waals surface area contributed by atoms with Crippen molar-refractivity contribution in [2.75, 3.05) is 13.1 Å². The van der Waals surface area contributed by atoms with Crippen LogP contribution in [0.3, 0.4) is 0 Å². The second-order valence-corrected chi connectivity index (χ2v) is 5.57. The van der Waals surface area contributed by atoms with Gasteiger partial charge in [-0.05, 0) is 37.6 Å². The number of halogens is 1. The molecule has 2 rings (SSSR count). The normalized spacial score (nSPS) is 17.1. The topological polar surface area (TPSA) is 70.2 Å². The minimum absolute atomic E-state index is 0.0961. The maximum absolute atomic E-state index is 10.7. The third kappa shape index (κ3) is 3.52. The predicted molar refractivity (Wildman–Crippen MR) is 74.4 cm³/mol. The molecule has 1 heterocycles. The summed E-state index contributed by atoms with van der Waals surface area (Å²) in [5.41, 5.74) is 1.14. The average Bonchev–Trinajstić information content (AvgIpc) is 2.41. The van der Waals surface area contributed by atoms with Gasteiger partial charge in [0.1, 0.15) is 0 Å². The molecule has 0 radical (unpaired) electrons. The predicted octanol–water partition coefficient (Wildman–Crippen LogP) is 3.09. The lowest BCUT2D eigenvalue weighted by Crippen LogP contribution is -2.32.